The lowest BCUT2D eigenvalue weighted by Crippen LogP contribution is -2.41. The second-order valence-electron chi connectivity index (χ2n) is 4.00. The summed E-state index contributed by atoms with van der Waals surface area (Å²) in [4.78, 5) is 23.7. The maximum absolute atomic E-state index is 11.9. The van der Waals surface area contributed by atoms with E-state index >= 15 is 0 Å². The Bertz CT molecular complexity index is 485. The predicted octanol–water partition coefficient (Wildman–Crippen LogP) is 1.18. The van der Waals surface area contributed by atoms with Gasteiger partial charge in [-0.05, 0) is 18.4 Å². The van der Waals surface area contributed by atoms with Crippen LogP contribution in [0.25, 0.3) is 0 Å². The summed E-state index contributed by atoms with van der Waals surface area (Å²) in [5.41, 5.74) is 0.567. The lowest BCUT2D eigenvalue weighted by atomic mass is 10.2. The number of benzene rings is 1. The van der Waals surface area contributed by atoms with Crippen LogP contribution < -0.4 is 10.6 Å². The molecule has 2 N–H and O–H groups in total. The minimum absolute atomic E-state index is 0.166. The highest BCUT2D eigenvalue weighted by Gasteiger charge is 2.17. The SMILES string of the molecule is CSC(CNC(=O)c1ccccc1)C(=O)NCCC#N. The minimum Gasteiger partial charge on any atom is -0.354 e. The molecule has 1 unspecified atom stereocenters. The first kappa shape index (κ1) is 16.1. The molecule has 0 spiro atoms. The van der Waals surface area contributed by atoms with Gasteiger partial charge in [0.15, 0.2) is 0 Å². The van der Waals surface area contributed by atoms with Crippen molar-refractivity contribution in [3.8, 4) is 6.07 Å². The molecule has 0 aliphatic carbocycles. The molecule has 0 aliphatic rings. The number of rotatable bonds is 7. The average molecular weight is 291 g/mol. The standard InChI is InChI=1S/C14H17N3O2S/c1-20-12(14(19)16-9-5-8-15)10-17-13(18)11-6-3-2-4-7-11/h2-4,6-7,12H,5,9-10H2,1H3,(H,16,19)(H,17,18). The average Bonchev–Trinajstić information content (AvgIpc) is 2.49. The van der Waals surface area contributed by atoms with Crippen LogP contribution in [-0.2, 0) is 4.79 Å². The van der Waals surface area contributed by atoms with E-state index in [1.165, 1.54) is 11.8 Å². The highest BCUT2D eigenvalue weighted by Crippen LogP contribution is 2.06. The molecule has 0 heterocycles. The Kier molecular flexibility index (Phi) is 7.22. The monoisotopic (exact) mass is 291 g/mol. The van der Waals surface area contributed by atoms with Gasteiger partial charge >= 0.3 is 0 Å². The second-order valence-corrected chi connectivity index (χ2v) is 5.04. The molecule has 5 nitrogen and oxygen atoms in total. The number of carbonyl (C=O) groups excluding carboxylic acids is 2. The molecular formula is C14H17N3O2S. The fraction of sp³-hybridized carbons (Fsp3) is 0.357. The fourth-order valence-electron chi connectivity index (χ4n) is 1.52. The molecule has 0 aromatic heterocycles. The van der Waals surface area contributed by atoms with E-state index in [9.17, 15) is 9.59 Å². The molecule has 20 heavy (non-hydrogen) atoms. The molecule has 1 aromatic carbocycles. The van der Waals surface area contributed by atoms with E-state index in [1.807, 2.05) is 18.4 Å². The van der Waals surface area contributed by atoms with Gasteiger partial charge in [0.2, 0.25) is 5.91 Å². The van der Waals surface area contributed by atoms with Crippen molar-refractivity contribution in [3.05, 3.63) is 35.9 Å². The summed E-state index contributed by atoms with van der Waals surface area (Å²) >= 11 is 1.36. The second kappa shape index (κ2) is 8.99. The van der Waals surface area contributed by atoms with E-state index in [0.717, 1.165) is 0 Å². The van der Waals surface area contributed by atoms with Gasteiger partial charge in [0.25, 0.3) is 5.91 Å². The van der Waals surface area contributed by atoms with E-state index < -0.39 is 0 Å². The van der Waals surface area contributed by atoms with E-state index in [1.54, 1.807) is 24.3 Å². The summed E-state index contributed by atoms with van der Waals surface area (Å²) < 4.78 is 0. The molecule has 0 saturated heterocycles. The Morgan fingerprint density at radius 1 is 1.30 bits per heavy atom. The summed E-state index contributed by atoms with van der Waals surface area (Å²) in [7, 11) is 0. The highest BCUT2D eigenvalue weighted by atomic mass is 32.2. The number of hydrogen-bond donors (Lipinski definition) is 2. The number of nitrogens with zero attached hydrogens (tertiary/aromatic N) is 1. The van der Waals surface area contributed by atoms with E-state index in [-0.39, 0.29) is 30.0 Å². The minimum atomic E-state index is -0.360. The zero-order chi connectivity index (χ0) is 14.8. The Morgan fingerprint density at radius 3 is 2.60 bits per heavy atom. The summed E-state index contributed by atoms with van der Waals surface area (Å²) in [6, 6.07) is 10.8. The van der Waals surface area contributed by atoms with Crippen LogP contribution in [0.1, 0.15) is 16.8 Å². The first-order valence-corrected chi connectivity index (χ1v) is 7.48. The molecule has 0 aliphatic heterocycles. The number of thioether (sulfide) groups is 1. The zero-order valence-corrected chi connectivity index (χ0v) is 12.1. The third-order valence-electron chi connectivity index (χ3n) is 2.60. The van der Waals surface area contributed by atoms with Gasteiger partial charge < -0.3 is 10.6 Å². The normalized spacial score (nSPS) is 11.2. The largest absolute Gasteiger partial charge is 0.354 e. The van der Waals surface area contributed by atoms with Gasteiger partial charge in [-0.3, -0.25) is 9.59 Å². The smallest absolute Gasteiger partial charge is 0.251 e. The van der Waals surface area contributed by atoms with Crippen molar-refractivity contribution in [1.82, 2.24) is 10.6 Å². The van der Waals surface area contributed by atoms with Gasteiger partial charge in [0, 0.05) is 18.7 Å². The van der Waals surface area contributed by atoms with Crippen molar-refractivity contribution in [3.63, 3.8) is 0 Å². The van der Waals surface area contributed by atoms with E-state index in [2.05, 4.69) is 10.6 Å². The summed E-state index contributed by atoms with van der Waals surface area (Å²) in [5, 5.41) is 13.5. The lowest BCUT2D eigenvalue weighted by molar-refractivity contribution is -0.120. The maximum atomic E-state index is 11.9. The van der Waals surface area contributed by atoms with Crippen molar-refractivity contribution < 1.29 is 9.59 Å². The Morgan fingerprint density at radius 2 is 2.00 bits per heavy atom. The molecule has 0 radical (unpaired) electrons. The summed E-state index contributed by atoms with van der Waals surface area (Å²) in [6.07, 6.45) is 2.09. The van der Waals surface area contributed by atoms with Crippen LogP contribution in [0, 0.1) is 11.3 Å². The number of nitrogens with one attached hydrogen (secondary N) is 2. The molecule has 106 valence electrons. The van der Waals surface area contributed by atoms with Crippen LogP contribution in [0.15, 0.2) is 30.3 Å². The van der Waals surface area contributed by atoms with Gasteiger partial charge in [0.05, 0.1) is 12.5 Å². The van der Waals surface area contributed by atoms with Crippen molar-refractivity contribution in [2.24, 2.45) is 0 Å². The van der Waals surface area contributed by atoms with Gasteiger partial charge in [-0.15, -0.1) is 0 Å². The highest BCUT2D eigenvalue weighted by molar-refractivity contribution is 7.99. The summed E-state index contributed by atoms with van der Waals surface area (Å²) in [6.45, 7) is 0.590. The number of carbonyl (C=O) groups is 2. The topological polar surface area (TPSA) is 82.0 Å². The Hall–Kier alpha value is -2.00. The molecule has 1 rings (SSSR count). The van der Waals surface area contributed by atoms with Gasteiger partial charge in [-0.2, -0.15) is 17.0 Å². The fourth-order valence-corrected chi connectivity index (χ4v) is 2.06. The molecule has 0 bridgehead atoms. The molecule has 1 aromatic rings. The predicted molar refractivity (Wildman–Crippen MR) is 79.3 cm³/mol. The maximum Gasteiger partial charge on any atom is 0.251 e. The van der Waals surface area contributed by atoms with Crippen LogP contribution in [0.3, 0.4) is 0 Å². The third-order valence-corrected chi connectivity index (χ3v) is 3.55. The van der Waals surface area contributed by atoms with Gasteiger partial charge in [-0.1, -0.05) is 18.2 Å². The molecule has 1 atom stereocenters. The first-order chi connectivity index (χ1) is 9.69. The molecular weight excluding hydrogens is 274 g/mol. The molecule has 6 heteroatoms. The van der Waals surface area contributed by atoms with E-state index in [0.29, 0.717) is 12.1 Å². The van der Waals surface area contributed by atoms with Gasteiger partial charge in [0.1, 0.15) is 5.25 Å². The number of nitriles is 1. The van der Waals surface area contributed by atoms with Crippen molar-refractivity contribution >= 4 is 23.6 Å². The lowest BCUT2D eigenvalue weighted by Gasteiger charge is -2.14. The third kappa shape index (κ3) is 5.33. The molecule has 2 amide bonds. The van der Waals surface area contributed by atoms with E-state index in [4.69, 9.17) is 5.26 Å². The number of hydrogen-bond acceptors (Lipinski definition) is 4. The first-order valence-electron chi connectivity index (χ1n) is 6.19. The number of amides is 2. The van der Waals surface area contributed by atoms with Crippen LogP contribution >= 0.6 is 11.8 Å². The van der Waals surface area contributed by atoms with Crippen LogP contribution in [-0.4, -0.2) is 36.4 Å². The molecule has 0 saturated carbocycles. The quantitative estimate of drug-likeness (QED) is 0.739. The summed E-state index contributed by atoms with van der Waals surface area (Å²) in [5.74, 6) is -0.365. The van der Waals surface area contributed by atoms with Crippen molar-refractivity contribution in [1.29, 1.82) is 5.26 Å². The van der Waals surface area contributed by atoms with Crippen LogP contribution in [0.2, 0.25) is 0 Å². The van der Waals surface area contributed by atoms with Crippen molar-refractivity contribution in [2.45, 2.75) is 11.7 Å². The molecule has 0 fully saturated rings. The van der Waals surface area contributed by atoms with Crippen LogP contribution in [0.4, 0.5) is 0 Å². The van der Waals surface area contributed by atoms with Crippen molar-refractivity contribution in [2.75, 3.05) is 19.3 Å². The van der Waals surface area contributed by atoms with Gasteiger partial charge in [-0.25, -0.2) is 0 Å². The zero-order valence-electron chi connectivity index (χ0n) is 11.3. The van der Waals surface area contributed by atoms with Crippen LogP contribution in [0.5, 0.6) is 0 Å². The Labute approximate surface area is 122 Å². The Balaban J connectivity index is 2.43.